The van der Waals surface area contributed by atoms with Crippen LogP contribution in [0.4, 0.5) is 0 Å². The highest BCUT2D eigenvalue weighted by molar-refractivity contribution is 7.12. The molecule has 0 aliphatic rings. The fourth-order valence-corrected chi connectivity index (χ4v) is 2.77. The Morgan fingerprint density at radius 2 is 1.80 bits per heavy atom. The van der Waals surface area contributed by atoms with Crippen LogP contribution in [0.25, 0.3) is 0 Å². The molecule has 1 aromatic heterocycles. The molecule has 1 nitrogen and oxygen atoms in total. The van der Waals surface area contributed by atoms with E-state index in [1.165, 1.54) is 20.9 Å². The average Bonchev–Trinajstić information content (AvgIpc) is 2.58. The van der Waals surface area contributed by atoms with Crippen LogP contribution in [0.3, 0.4) is 0 Å². The van der Waals surface area contributed by atoms with Gasteiger partial charge in [-0.05, 0) is 31.0 Å². The summed E-state index contributed by atoms with van der Waals surface area (Å²) in [5.74, 6) is 0. The smallest absolute Gasteiger partial charge is 0.0562 e. The zero-order valence-electron chi connectivity index (χ0n) is 9.03. The van der Waals surface area contributed by atoms with E-state index in [9.17, 15) is 0 Å². The van der Waals surface area contributed by atoms with Crippen molar-refractivity contribution in [3.63, 3.8) is 0 Å². The summed E-state index contributed by atoms with van der Waals surface area (Å²) in [5, 5.41) is 0. The number of hydrogen-bond donors (Lipinski definition) is 1. The highest BCUT2D eigenvalue weighted by atomic mass is 32.1. The molecule has 0 amide bonds. The lowest BCUT2D eigenvalue weighted by Crippen LogP contribution is -2.11. The van der Waals surface area contributed by atoms with E-state index in [0.29, 0.717) is 0 Å². The number of aryl methyl sites for hydroxylation is 2. The van der Waals surface area contributed by atoms with Crippen LogP contribution in [0.2, 0.25) is 0 Å². The minimum absolute atomic E-state index is 0.0103. The Labute approximate surface area is 94.6 Å². The van der Waals surface area contributed by atoms with E-state index in [4.69, 9.17) is 5.73 Å². The van der Waals surface area contributed by atoms with Gasteiger partial charge in [-0.1, -0.05) is 30.3 Å². The molecule has 0 bridgehead atoms. The Morgan fingerprint density at radius 1 is 1.13 bits per heavy atom. The van der Waals surface area contributed by atoms with Crippen molar-refractivity contribution in [2.75, 3.05) is 0 Å². The van der Waals surface area contributed by atoms with E-state index >= 15 is 0 Å². The van der Waals surface area contributed by atoms with E-state index in [0.717, 1.165) is 0 Å². The number of nitrogens with two attached hydrogens (primary N) is 1. The van der Waals surface area contributed by atoms with Gasteiger partial charge in [0, 0.05) is 9.75 Å². The van der Waals surface area contributed by atoms with Crippen LogP contribution in [0.1, 0.15) is 26.9 Å². The molecular weight excluding hydrogens is 202 g/mol. The normalized spacial score (nSPS) is 12.7. The standard InChI is InChI=1S/C13H15NS/c1-9-8-12(10(2)15-9)13(14)11-6-4-3-5-7-11/h3-8,13H,14H2,1-2H3. The Kier molecular flexibility index (Phi) is 2.89. The van der Waals surface area contributed by atoms with Gasteiger partial charge in [0.1, 0.15) is 0 Å². The molecule has 0 aliphatic heterocycles. The monoisotopic (exact) mass is 217 g/mol. The third-order valence-electron chi connectivity index (χ3n) is 2.57. The van der Waals surface area contributed by atoms with Crippen LogP contribution in [-0.2, 0) is 0 Å². The van der Waals surface area contributed by atoms with Crippen LogP contribution < -0.4 is 5.73 Å². The first kappa shape index (κ1) is 10.4. The highest BCUT2D eigenvalue weighted by Crippen LogP contribution is 2.28. The van der Waals surface area contributed by atoms with Gasteiger partial charge in [0.05, 0.1) is 6.04 Å². The summed E-state index contributed by atoms with van der Waals surface area (Å²) in [7, 11) is 0. The van der Waals surface area contributed by atoms with Crippen molar-refractivity contribution in [2.24, 2.45) is 5.73 Å². The van der Waals surface area contributed by atoms with E-state index < -0.39 is 0 Å². The Hall–Kier alpha value is -1.12. The first-order valence-corrected chi connectivity index (χ1v) is 5.87. The van der Waals surface area contributed by atoms with Crippen molar-refractivity contribution in [3.8, 4) is 0 Å². The zero-order chi connectivity index (χ0) is 10.8. The largest absolute Gasteiger partial charge is 0.320 e. The van der Waals surface area contributed by atoms with E-state index in [1.54, 1.807) is 0 Å². The second kappa shape index (κ2) is 4.17. The van der Waals surface area contributed by atoms with Gasteiger partial charge in [-0.25, -0.2) is 0 Å². The SMILES string of the molecule is Cc1cc(C(N)c2ccccc2)c(C)s1. The molecule has 1 heterocycles. The molecule has 0 radical (unpaired) electrons. The summed E-state index contributed by atoms with van der Waals surface area (Å²) in [5.41, 5.74) is 8.67. The molecular formula is C13H15NS. The highest BCUT2D eigenvalue weighted by Gasteiger charge is 2.12. The predicted octanol–water partition coefficient (Wildman–Crippen LogP) is 3.41. The fourth-order valence-electron chi connectivity index (χ4n) is 1.80. The second-order valence-electron chi connectivity index (χ2n) is 3.76. The van der Waals surface area contributed by atoms with Crippen molar-refractivity contribution in [1.82, 2.24) is 0 Å². The minimum Gasteiger partial charge on any atom is -0.320 e. The summed E-state index contributed by atoms with van der Waals surface area (Å²) in [6.07, 6.45) is 0. The van der Waals surface area contributed by atoms with Gasteiger partial charge >= 0.3 is 0 Å². The van der Waals surface area contributed by atoms with E-state index in [-0.39, 0.29) is 6.04 Å². The van der Waals surface area contributed by atoms with E-state index in [2.05, 4.69) is 32.0 Å². The van der Waals surface area contributed by atoms with Crippen molar-refractivity contribution < 1.29 is 0 Å². The molecule has 0 fully saturated rings. The molecule has 78 valence electrons. The third kappa shape index (κ3) is 2.11. The Bertz CT molecular complexity index is 445. The lowest BCUT2D eigenvalue weighted by Gasteiger charge is -2.11. The summed E-state index contributed by atoms with van der Waals surface area (Å²) >= 11 is 1.81. The van der Waals surface area contributed by atoms with Crippen LogP contribution >= 0.6 is 11.3 Å². The van der Waals surface area contributed by atoms with Crippen molar-refractivity contribution >= 4 is 11.3 Å². The van der Waals surface area contributed by atoms with Crippen LogP contribution in [-0.4, -0.2) is 0 Å². The van der Waals surface area contributed by atoms with Gasteiger partial charge < -0.3 is 5.73 Å². The number of rotatable bonds is 2. The van der Waals surface area contributed by atoms with Crippen LogP contribution in [0.15, 0.2) is 36.4 Å². The van der Waals surface area contributed by atoms with Gasteiger partial charge in [0.2, 0.25) is 0 Å². The molecule has 0 spiro atoms. The first-order chi connectivity index (χ1) is 7.18. The minimum atomic E-state index is 0.0103. The molecule has 2 aromatic rings. The topological polar surface area (TPSA) is 26.0 Å². The van der Waals surface area contributed by atoms with Crippen LogP contribution in [0.5, 0.6) is 0 Å². The summed E-state index contributed by atoms with van der Waals surface area (Å²) in [6, 6.07) is 12.4. The summed E-state index contributed by atoms with van der Waals surface area (Å²) < 4.78 is 0. The molecule has 1 unspecified atom stereocenters. The molecule has 1 atom stereocenters. The van der Waals surface area contributed by atoms with E-state index in [1.807, 2.05) is 29.5 Å². The third-order valence-corrected chi connectivity index (χ3v) is 3.55. The molecule has 2 N–H and O–H groups in total. The van der Waals surface area contributed by atoms with Crippen molar-refractivity contribution in [3.05, 3.63) is 57.3 Å². The average molecular weight is 217 g/mol. The Balaban J connectivity index is 2.36. The Morgan fingerprint density at radius 3 is 2.33 bits per heavy atom. The van der Waals surface area contributed by atoms with Gasteiger partial charge in [-0.3, -0.25) is 0 Å². The zero-order valence-corrected chi connectivity index (χ0v) is 9.84. The molecule has 0 saturated heterocycles. The molecule has 2 heteroatoms. The maximum absolute atomic E-state index is 6.24. The summed E-state index contributed by atoms with van der Waals surface area (Å²) in [6.45, 7) is 4.26. The van der Waals surface area contributed by atoms with Gasteiger partial charge in [0.15, 0.2) is 0 Å². The molecule has 1 aromatic carbocycles. The number of thiophene rings is 1. The second-order valence-corrected chi connectivity index (χ2v) is 5.22. The van der Waals surface area contributed by atoms with Gasteiger partial charge in [-0.2, -0.15) is 0 Å². The van der Waals surface area contributed by atoms with Crippen molar-refractivity contribution in [1.29, 1.82) is 0 Å². The van der Waals surface area contributed by atoms with Gasteiger partial charge in [-0.15, -0.1) is 11.3 Å². The lowest BCUT2D eigenvalue weighted by atomic mass is 10.0. The fraction of sp³-hybridized carbons (Fsp3) is 0.231. The molecule has 2 rings (SSSR count). The quantitative estimate of drug-likeness (QED) is 0.819. The first-order valence-electron chi connectivity index (χ1n) is 5.06. The molecule has 0 aliphatic carbocycles. The number of hydrogen-bond acceptors (Lipinski definition) is 2. The number of benzene rings is 1. The van der Waals surface area contributed by atoms with Crippen LogP contribution in [0, 0.1) is 13.8 Å². The molecule has 15 heavy (non-hydrogen) atoms. The maximum Gasteiger partial charge on any atom is 0.0562 e. The lowest BCUT2D eigenvalue weighted by molar-refractivity contribution is 0.869. The van der Waals surface area contributed by atoms with Gasteiger partial charge in [0.25, 0.3) is 0 Å². The predicted molar refractivity (Wildman–Crippen MR) is 66.3 cm³/mol. The van der Waals surface area contributed by atoms with Crippen molar-refractivity contribution in [2.45, 2.75) is 19.9 Å². The summed E-state index contributed by atoms with van der Waals surface area (Å²) in [4.78, 5) is 2.65. The maximum atomic E-state index is 6.24. The molecule has 0 saturated carbocycles.